The highest BCUT2D eigenvalue weighted by Gasteiger charge is 2.48. The fourth-order valence-electron chi connectivity index (χ4n) is 4.08. The molecule has 170 valence electrons. The fourth-order valence-corrected chi connectivity index (χ4v) is 5.10. The Morgan fingerprint density at radius 1 is 0.939 bits per heavy atom. The van der Waals surface area contributed by atoms with Crippen LogP contribution in [-0.4, -0.2) is 31.0 Å². The number of aliphatic hydroxyl groups excluding tert-OH is 1. The number of hydrogen-bond donors (Lipinski definition) is 1. The zero-order valence-electron chi connectivity index (χ0n) is 19.1. The van der Waals surface area contributed by atoms with E-state index < -0.39 is 17.7 Å². The number of aryl methyl sites for hydroxylation is 3. The molecule has 1 fully saturated rings. The number of nitrogens with zero attached hydrogens (tertiary/aromatic N) is 1. The molecule has 3 aromatic rings. The van der Waals surface area contributed by atoms with Crippen molar-refractivity contribution >= 4 is 34.5 Å². The standard InChI is InChI=1S/C26H25NO5S/c1-14-6-7-15(2)20(10-14)23(28)21-22(25-16(3)8-9-33-25)27(26(30)24(21)29)17-11-18(31-4)13-19(12-17)32-5/h6-13,22,28H,1-5H3/b23-21-. The Balaban J connectivity index is 2.00. The Labute approximate surface area is 196 Å². The summed E-state index contributed by atoms with van der Waals surface area (Å²) < 4.78 is 10.8. The summed E-state index contributed by atoms with van der Waals surface area (Å²) in [5.74, 6) is -0.641. The van der Waals surface area contributed by atoms with Crippen LogP contribution in [0, 0.1) is 20.8 Å². The first-order chi connectivity index (χ1) is 15.8. The summed E-state index contributed by atoms with van der Waals surface area (Å²) in [6.07, 6.45) is 0. The number of Topliss-reactive ketones (excluding diaryl/α,β-unsaturated/α-hetero) is 1. The van der Waals surface area contributed by atoms with Crippen LogP contribution in [0.1, 0.15) is 33.2 Å². The number of benzene rings is 2. The van der Waals surface area contributed by atoms with Gasteiger partial charge in [-0.05, 0) is 49.4 Å². The highest BCUT2D eigenvalue weighted by Crippen LogP contribution is 2.46. The summed E-state index contributed by atoms with van der Waals surface area (Å²) in [4.78, 5) is 29.0. The molecule has 0 bridgehead atoms. The van der Waals surface area contributed by atoms with Gasteiger partial charge in [0.05, 0.1) is 25.5 Å². The maximum absolute atomic E-state index is 13.4. The zero-order valence-corrected chi connectivity index (χ0v) is 19.9. The Morgan fingerprint density at radius 3 is 2.18 bits per heavy atom. The minimum atomic E-state index is -0.776. The monoisotopic (exact) mass is 463 g/mol. The molecule has 7 heteroatoms. The second kappa shape index (κ2) is 8.75. The molecule has 1 N–H and O–H groups in total. The third-order valence-electron chi connectivity index (χ3n) is 5.86. The largest absolute Gasteiger partial charge is 0.507 e. The number of amides is 1. The maximum Gasteiger partial charge on any atom is 0.300 e. The predicted molar refractivity (Wildman–Crippen MR) is 129 cm³/mol. The van der Waals surface area contributed by atoms with Crippen LogP contribution in [0.2, 0.25) is 0 Å². The number of carbonyl (C=O) groups is 2. The molecule has 1 aliphatic rings. The van der Waals surface area contributed by atoms with Crippen LogP contribution < -0.4 is 14.4 Å². The lowest BCUT2D eigenvalue weighted by Gasteiger charge is -2.26. The number of aliphatic hydroxyl groups is 1. The minimum Gasteiger partial charge on any atom is -0.507 e. The van der Waals surface area contributed by atoms with E-state index in [1.165, 1.54) is 30.5 Å². The van der Waals surface area contributed by atoms with Crippen LogP contribution in [0.3, 0.4) is 0 Å². The van der Waals surface area contributed by atoms with Crippen molar-refractivity contribution < 1.29 is 24.2 Å². The minimum absolute atomic E-state index is 0.0704. The molecule has 1 aliphatic heterocycles. The number of methoxy groups -OCH3 is 2. The Bertz CT molecular complexity index is 1270. The van der Waals surface area contributed by atoms with E-state index >= 15 is 0 Å². The molecule has 0 spiro atoms. The summed E-state index contributed by atoms with van der Waals surface area (Å²) in [7, 11) is 3.04. The SMILES string of the molecule is COc1cc(OC)cc(N2C(=O)C(=O)/C(=C(\O)c3cc(C)ccc3C)C2c2sccc2C)c1. The van der Waals surface area contributed by atoms with E-state index in [1.54, 1.807) is 18.2 Å². The summed E-state index contributed by atoms with van der Waals surface area (Å²) in [6, 6.07) is 11.9. The molecule has 0 aliphatic carbocycles. The number of ketones is 1. The van der Waals surface area contributed by atoms with Crippen LogP contribution in [0.15, 0.2) is 53.4 Å². The van der Waals surface area contributed by atoms with Crippen molar-refractivity contribution in [2.45, 2.75) is 26.8 Å². The molecule has 1 atom stereocenters. The van der Waals surface area contributed by atoms with Crippen LogP contribution in [0.4, 0.5) is 5.69 Å². The molecule has 0 saturated carbocycles. The van der Waals surface area contributed by atoms with E-state index in [2.05, 4.69) is 0 Å². The van der Waals surface area contributed by atoms with Gasteiger partial charge in [0, 0.05) is 28.6 Å². The Kier molecular flexibility index (Phi) is 5.99. The van der Waals surface area contributed by atoms with Gasteiger partial charge in [0.2, 0.25) is 0 Å². The molecule has 1 aromatic heterocycles. The summed E-state index contributed by atoms with van der Waals surface area (Å²) in [5.41, 5.74) is 3.74. The van der Waals surface area contributed by atoms with Gasteiger partial charge >= 0.3 is 0 Å². The van der Waals surface area contributed by atoms with Gasteiger partial charge in [0.1, 0.15) is 23.3 Å². The Morgan fingerprint density at radius 2 is 1.61 bits per heavy atom. The van der Waals surface area contributed by atoms with Crippen molar-refractivity contribution in [2.24, 2.45) is 0 Å². The molecule has 0 radical (unpaired) electrons. The molecule has 1 unspecified atom stereocenters. The van der Waals surface area contributed by atoms with E-state index in [0.717, 1.165) is 21.6 Å². The number of rotatable bonds is 5. The van der Waals surface area contributed by atoms with Crippen molar-refractivity contribution in [3.05, 3.63) is 80.5 Å². The zero-order chi connectivity index (χ0) is 23.9. The van der Waals surface area contributed by atoms with Crippen molar-refractivity contribution in [1.82, 2.24) is 0 Å². The molecule has 6 nitrogen and oxygen atoms in total. The molecule has 33 heavy (non-hydrogen) atoms. The first-order valence-corrected chi connectivity index (χ1v) is 11.3. The molecule has 1 amide bonds. The second-order valence-electron chi connectivity index (χ2n) is 8.03. The van der Waals surface area contributed by atoms with Gasteiger partial charge in [0.15, 0.2) is 0 Å². The lowest BCUT2D eigenvalue weighted by Crippen LogP contribution is -2.29. The molecular weight excluding hydrogens is 438 g/mol. The lowest BCUT2D eigenvalue weighted by molar-refractivity contribution is -0.132. The van der Waals surface area contributed by atoms with Crippen molar-refractivity contribution in [1.29, 1.82) is 0 Å². The van der Waals surface area contributed by atoms with Gasteiger partial charge in [-0.2, -0.15) is 0 Å². The number of anilines is 1. The van der Waals surface area contributed by atoms with Gasteiger partial charge in [-0.15, -0.1) is 11.3 Å². The third-order valence-corrected chi connectivity index (χ3v) is 6.93. The van der Waals surface area contributed by atoms with Gasteiger partial charge in [-0.1, -0.05) is 17.7 Å². The number of hydrogen-bond acceptors (Lipinski definition) is 6. The summed E-state index contributed by atoms with van der Waals surface area (Å²) in [6.45, 7) is 5.71. The smallest absolute Gasteiger partial charge is 0.300 e. The highest BCUT2D eigenvalue weighted by atomic mass is 32.1. The number of thiophene rings is 1. The highest BCUT2D eigenvalue weighted by molar-refractivity contribution is 7.10. The first-order valence-electron chi connectivity index (χ1n) is 10.4. The third kappa shape index (κ3) is 3.89. The van der Waals surface area contributed by atoms with Crippen LogP contribution in [0.25, 0.3) is 5.76 Å². The van der Waals surface area contributed by atoms with E-state index in [0.29, 0.717) is 22.7 Å². The van der Waals surface area contributed by atoms with Crippen molar-refractivity contribution in [2.75, 3.05) is 19.1 Å². The molecule has 1 saturated heterocycles. The lowest BCUT2D eigenvalue weighted by atomic mass is 9.95. The van der Waals surface area contributed by atoms with Crippen molar-refractivity contribution in [3.8, 4) is 11.5 Å². The topological polar surface area (TPSA) is 76.1 Å². The maximum atomic E-state index is 13.4. The van der Waals surface area contributed by atoms with Crippen LogP contribution >= 0.6 is 11.3 Å². The summed E-state index contributed by atoms with van der Waals surface area (Å²) in [5, 5.41) is 13.3. The molecule has 4 rings (SSSR count). The van der Waals surface area contributed by atoms with E-state index in [9.17, 15) is 14.7 Å². The summed E-state index contributed by atoms with van der Waals surface area (Å²) >= 11 is 1.44. The van der Waals surface area contributed by atoms with Crippen molar-refractivity contribution in [3.63, 3.8) is 0 Å². The van der Waals surface area contributed by atoms with Gasteiger partial charge in [-0.25, -0.2) is 0 Å². The predicted octanol–water partition coefficient (Wildman–Crippen LogP) is 5.32. The van der Waals surface area contributed by atoms with E-state index in [-0.39, 0.29) is 11.3 Å². The van der Waals surface area contributed by atoms with Gasteiger partial charge in [-0.3, -0.25) is 14.5 Å². The van der Waals surface area contributed by atoms with Gasteiger partial charge in [0.25, 0.3) is 11.7 Å². The second-order valence-corrected chi connectivity index (χ2v) is 8.97. The number of ether oxygens (including phenoxy) is 2. The molecule has 2 aromatic carbocycles. The normalized spacial score (nSPS) is 17.5. The Hall–Kier alpha value is -3.58. The quantitative estimate of drug-likeness (QED) is 0.315. The van der Waals surface area contributed by atoms with E-state index in [1.807, 2.05) is 50.4 Å². The first kappa shape index (κ1) is 22.6. The van der Waals surface area contributed by atoms with E-state index in [4.69, 9.17) is 9.47 Å². The number of carbonyl (C=O) groups excluding carboxylic acids is 2. The molecule has 2 heterocycles. The molecular formula is C26H25NO5S. The van der Waals surface area contributed by atoms with Crippen LogP contribution in [-0.2, 0) is 9.59 Å². The van der Waals surface area contributed by atoms with Gasteiger partial charge < -0.3 is 14.6 Å². The average Bonchev–Trinajstić information content (AvgIpc) is 3.34. The fraction of sp³-hybridized carbons (Fsp3) is 0.231. The van der Waals surface area contributed by atoms with Crippen LogP contribution in [0.5, 0.6) is 11.5 Å². The average molecular weight is 464 g/mol.